The smallest absolute Gasteiger partial charge is 0.287 e. The summed E-state index contributed by atoms with van der Waals surface area (Å²) in [6, 6.07) is 7.61. The molecule has 19 heavy (non-hydrogen) atoms. The van der Waals surface area contributed by atoms with Crippen LogP contribution in [0.3, 0.4) is 0 Å². The van der Waals surface area contributed by atoms with Gasteiger partial charge in [-0.25, -0.2) is 4.98 Å². The number of carbonyl (C=O) groups is 1. The molecule has 0 radical (unpaired) electrons. The molecule has 0 aliphatic carbocycles. The number of furan rings is 1. The first-order valence-corrected chi connectivity index (χ1v) is 6.00. The number of aromatic nitrogens is 2. The Morgan fingerprint density at radius 2 is 2.26 bits per heavy atom. The molecule has 0 saturated carbocycles. The van der Waals surface area contributed by atoms with Crippen molar-refractivity contribution in [2.45, 2.75) is 13.5 Å². The van der Waals surface area contributed by atoms with Crippen molar-refractivity contribution in [1.29, 1.82) is 0 Å². The molecule has 0 atom stereocenters. The summed E-state index contributed by atoms with van der Waals surface area (Å²) >= 11 is 0. The van der Waals surface area contributed by atoms with Gasteiger partial charge in [-0.05, 0) is 13.0 Å². The normalized spacial score (nSPS) is 10.8. The van der Waals surface area contributed by atoms with Gasteiger partial charge in [-0.2, -0.15) is 0 Å². The molecular weight excluding hydrogens is 242 g/mol. The number of imidazole rings is 1. The number of rotatable bonds is 3. The maximum absolute atomic E-state index is 12.1. The minimum atomic E-state index is -0.231. The number of aromatic amines is 1. The van der Waals surface area contributed by atoms with E-state index < -0.39 is 0 Å². The molecule has 2 heterocycles. The van der Waals surface area contributed by atoms with Gasteiger partial charge in [0.05, 0.1) is 6.54 Å². The summed E-state index contributed by atoms with van der Waals surface area (Å²) in [6.07, 6.45) is 3.36. The van der Waals surface area contributed by atoms with E-state index in [9.17, 15) is 4.79 Å². The minimum Gasteiger partial charge on any atom is -0.451 e. The average Bonchev–Trinajstić information content (AvgIpc) is 3.05. The first kappa shape index (κ1) is 11.5. The van der Waals surface area contributed by atoms with Crippen LogP contribution >= 0.6 is 0 Å². The molecule has 5 nitrogen and oxygen atoms in total. The highest BCUT2D eigenvalue weighted by Gasteiger charge is 2.17. The van der Waals surface area contributed by atoms with Crippen LogP contribution in [0.5, 0.6) is 0 Å². The summed E-state index contributed by atoms with van der Waals surface area (Å²) in [5.74, 6) is 0.833. The zero-order chi connectivity index (χ0) is 13.2. The molecule has 0 saturated heterocycles. The zero-order valence-electron chi connectivity index (χ0n) is 10.4. The summed E-state index contributed by atoms with van der Waals surface area (Å²) < 4.78 is 5.59. The quantitative estimate of drug-likeness (QED) is 0.755. The van der Waals surface area contributed by atoms with E-state index in [1.54, 1.807) is 12.4 Å². The van der Waals surface area contributed by atoms with Gasteiger partial charge in [-0.1, -0.05) is 18.2 Å². The number of amides is 1. The van der Waals surface area contributed by atoms with Gasteiger partial charge in [0.25, 0.3) is 5.91 Å². The van der Waals surface area contributed by atoms with E-state index in [0.29, 0.717) is 18.1 Å². The Labute approximate surface area is 109 Å². The SMILES string of the molecule is Cc1c(C(=O)NCc2ncc[nH]2)oc2ccccc12. The highest BCUT2D eigenvalue weighted by Crippen LogP contribution is 2.24. The van der Waals surface area contributed by atoms with E-state index in [1.165, 1.54) is 0 Å². The fourth-order valence-electron chi connectivity index (χ4n) is 2.03. The lowest BCUT2D eigenvalue weighted by Gasteiger charge is -2.01. The number of nitrogens with one attached hydrogen (secondary N) is 2. The third-order valence-corrected chi connectivity index (χ3v) is 3.02. The van der Waals surface area contributed by atoms with E-state index >= 15 is 0 Å². The van der Waals surface area contributed by atoms with E-state index in [-0.39, 0.29) is 5.91 Å². The van der Waals surface area contributed by atoms with Gasteiger partial charge in [-0.3, -0.25) is 4.79 Å². The second kappa shape index (κ2) is 4.61. The molecule has 2 aromatic heterocycles. The first-order valence-electron chi connectivity index (χ1n) is 6.00. The average molecular weight is 255 g/mol. The van der Waals surface area contributed by atoms with Crippen molar-refractivity contribution in [3.05, 3.63) is 53.8 Å². The fourth-order valence-corrected chi connectivity index (χ4v) is 2.03. The molecule has 3 aromatic rings. The maximum Gasteiger partial charge on any atom is 0.287 e. The number of hydrogen-bond acceptors (Lipinski definition) is 3. The summed E-state index contributed by atoms with van der Waals surface area (Å²) in [6.45, 7) is 2.23. The fraction of sp³-hybridized carbons (Fsp3) is 0.143. The molecule has 0 fully saturated rings. The summed E-state index contributed by atoms with van der Waals surface area (Å²) in [5.41, 5.74) is 1.58. The van der Waals surface area contributed by atoms with Gasteiger partial charge in [0.1, 0.15) is 11.4 Å². The molecule has 0 aliphatic heterocycles. The third kappa shape index (κ3) is 2.10. The monoisotopic (exact) mass is 255 g/mol. The van der Waals surface area contributed by atoms with Gasteiger partial charge in [-0.15, -0.1) is 0 Å². The minimum absolute atomic E-state index is 0.231. The number of fused-ring (bicyclic) bond motifs is 1. The van der Waals surface area contributed by atoms with E-state index in [0.717, 1.165) is 16.5 Å². The maximum atomic E-state index is 12.1. The Bertz CT molecular complexity index is 713. The Balaban J connectivity index is 1.83. The predicted octanol–water partition coefficient (Wildman–Crippen LogP) is 2.39. The van der Waals surface area contributed by atoms with Gasteiger partial charge in [0, 0.05) is 23.3 Å². The van der Waals surface area contributed by atoms with Gasteiger partial charge in [0.2, 0.25) is 0 Å². The van der Waals surface area contributed by atoms with Crippen LogP contribution in [0.15, 0.2) is 41.1 Å². The molecule has 0 unspecified atom stereocenters. The summed E-state index contributed by atoms with van der Waals surface area (Å²) in [4.78, 5) is 19.1. The largest absolute Gasteiger partial charge is 0.451 e. The lowest BCUT2D eigenvalue weighted by molar-refractivity contribution is 0.0923. The molecule has 1 aromatic carbocycles. The standard InChI is InChI=1S/C14H13N3O2/c1-9-10-4-2-3-5-11(10)19-13(9)14(18)17-8-12-15-6-7-16-12/h2-7H,8H2,1H3,(H,15,16)(H,17,18). The molecule has 5 heteroatoms. The first-order chi connectivity index (χ1) is 9.25. The van der Waals surface area contributed by atoms with E-state index in [4.69, 9.17) is 4.42 Å². The number of benzene rings is 1. The molecule has 1 amide bonds. The highest BCUT2D eigenvalue weighted by atomic mass is 16.3. The van der Waals surface area contributed by atoms with Crippen molar-refractivity contribution < 1.29 is 9.21 Å². The van der Waals surface area contributed by atoms with Crippen molar-refractivity contribution >= 4 is 16.9 Å². The number of aryl methyl sites for hydroxylation is 1. The van der Waals surface area contributed by atoms with Crippen LogP contribution in [-0.4, -0.2) is 15.9 Å². The second-order valence-electron chi connectivity index (χ2n) is 4.27. The highest BCUT2D eigenvalue weighted by molar-refractivity contribution is 5.98. The van der Waals surface area contributed by atoms with Crippen molar-refractivity contribution in [3.63, 3.8) is 0 Å². The van der Waals surface area contributed by atoms with Crippen LogP contribution in [-0.2, 0) is 6.54 Å². The number of H-pyrrole nitrogens is 1. The Kier molecular flexibility index (Phi) is 2.79. The van der Waals surface area contributed by atoms with E-state index in [2.05, 4.69) is 15.3 Å². The molecular formula is C14H13N3O2. The Morgan fingerprint density at radius 1 is 1.42 bits per heavy atom. The number of nitrogens with zero attached hydrogens (tertiary/aromatic N) is 1. The van der Waals surface area contributed by atoms with Crippen molar-refractivity contribution in [2.24, 2.45) is 0 Å². The van der Waals surface area contributed by atoms with Crippen molar-refractivity contribution in [2.75, 3.05) is 0 Å². The lowest BCUT2D eigenvalue weighted by atomic mass is 10.1. The van der Waals surface area contributed by atoms with Gasteiger partial charge in [0.15, 0.2) is 5.76 Å². The molecule has 96 valence electrons. The second-order valence-corrected chi connectivity index (χ2v) is 4.27. The van der Waals surface area contributed by atoms with Crippen LogP contribution in [0.4, 0.5) is 0 Å². The van der Waals surface area contributed by atoms with Crippen LogP contribution < -0.4 is 5.32 Å². The van der Waals surface area contributed by atoms with Crippen LogP contribution in [0.1, 0.15) is 21.9 Å². The van der Waals surface area contributed by atoms with Crippen LogP contribution in [0, 0.1) is 6.92 Å². The Hall–Kier alpha value is -2.56. The van der Waals surface area contributed by atoms with E-state index in [1.807, 2.05) is 31.2 Å². The number of hydrogen-bond donors (Lipinski definition) is 2. The lowest BCUT2D eigenvalue weighted by Crippen LogP contribution is -2.23. The number of para-hydroxylation sites is 1. The summed E-state index contributed by atoms with van der Waals surface area (Å²) in [7, 11) is 0. The summed E-state index contributed by atoms with van der Waals surface area (Å²) in [5, 5.41) is 3.74. The van der Waals surface area contributed by atoms with Gasteiger partial charge < -0.3 is 14.7 Å². The number of carbonyl (C=O) groups excluding carboxylic acids is 1. The van der Waals surface area contributed by atoms with Gasteiger partial charge >= 0.3 is 0 Å². The van der Waals surface area contributed by atoms with Crippen LogP contribution in [0.25, 0.3) is 11.0 Å². The molecule has 0 bridgehead atoms. The molecule has 0 spiro atoms. The zero-order valence-corrected chi connectivity index (χ0v) is 10.4. The molecule has 0 aliphatic rings. The van der Waals surface area contributed by atoms with Crippen molar-refractivity contribution in [3.8, 4) is 0 Å². The van der Waals surface area contributed by atoms with Crippen molar-refractivity contribution in [1.82, 2.24) is 15.3 Å². The van der Waals surface area contributed by atoms with Crippen LogP contribution in [0.2, 0.25) is 0 Å². The third-order valence-electron chi connectivity index (χ3n) is 3.02. The Morgan fingerprint density at radius 3 is 3.00 bits per heavy atom. The predicted molar refractivity (Wildman–Crippen MR) is 70.7 cm³/mol. The molecule has 3 rings (SSSR count). The topological polar surface area (TPSA) is 70.9 Å². The molecule has 2 N–H and O–H groups in total.